The van der Waals surface area contributed by atoms with Gasteiger partial charge in [0, 0.05) is 38.1 Å². The summed E-state index contributed by atoms with van der Waals surface area (Å²) in [4.78, 5) is 26.4. The molecule has 2 N–H and O–H groups in total. The monoisotopic (exact) mass is 266 g/mol. The van der Waals surface area contributed by atoms with Gasteiger partial charge in [-0.1, -0.05) is 0 Å². The number of carbonyl (C=O) groups is 2. The fourth-order valence-electron chi connectivity index (χ4n) is 2.23. The zero-order valence-corrected chi connectivity index (χ0v) is 10.7. The first-order valence-electron chi connectivity index (χ1n) is 6.35. The predicted octanol–water partition coefficient (Wildman–Crippen LogP) is -0.429. The smallest absolute Gasteiger partial charge is 0.317 e. The Bertz CT molecular complexity index is 432. The highest BCUT2D eigenvalue weighted by atomic mass is 16.4. The van der Waals surface area contributed by atoms with Gasteiger partial charge in [0.05, 0.1) is 13.0 Å². The van der Waals surface area contributed by atoms with E-state index in [4.69, 9.17) is 5.11 Å². The molecule has 1 amide bonds. The molecule has 1 aromatic heterocycles. The Kier molecular flexibility index (Phi) is 4.51. The molecule has 0 radical (unpaired) electrons. The summed E-state index contributed by atoms with van der Waals surface area (Å²) >= 11 is 0. The largest absolute Gasteiger partial charge is 0.480 e. The van der Waals surface area contributed by atoms with Crippen LogP contribution >= 0.6 is 0 Å². The van der Waals surface area contributed by atoms with Gasteiger partial charge in [-0.2, -0.15) is 5.10 Å². The molecule has 7 heteroatoms. The van der Waals surface area contributed by atoms with E-state index in [1.165, 1.54) is 0 Å². The van der Waals surface area contributed by atoms with Crippen LogP contribution in [0.3, 0.4) is 0 Å². The third-order valence-corrected chi connectivity index (χ3v) is 3.20. The Morgan fingerprint density at radius 3 is 2.84 bits per heavy atom. The number of carboxylic acid groups (broad SMARTS) is 1. The number of carbonyl (C=O) groups excluding carboxylic acids is 1. The van der Waals surface area contributed by atoms with Gasteiger partial charge in [-0.3, -0.25) is 19.6 Å². The first-order chi connectivity index (χ1) is 9.15. The van der Waals surface area contributed by atoms with Gasteiger partial charge in [0.15, 0.2) is 0 Å². The molecule has 104 valence electrons. The molecule has 2 heterocycles. The van der Waals surface area contributed by atoms with Crippen molar-refractivity contribution in [1.29, 1.82) is 0 Å². The molecular formula is C12H18N4O3. The van der Waals surface area contributed by atoms with E-state index in [0.29, 0.717) is 26.1 Å². The number of H-pyrrole nitrogens is 1. The van der Waals surface area contributed by atoms with E-state index >= 15 is 0 Å². The third kappa shape index (κ3) is 4.06. The summed E-state index contributed by atoms with van der Waals surface area (Å²) < 4.78 is 0. The van der Waals surface area contributed by atoms with E-state index < -0.39 is 5.97 Å². The molecule has 0 aliphatic carbocycles. The standard InChI is InChI=1S/C12H18N4O3/c17-11(8-10-2-3-13-14-10)16-5-1-4-15(6-7-16)9-12(18)19/h2-3H,1,4-9H2,(H,13,14)(H,18,19). The highest BCUT2D eigenvalue weighted by Crippen LogP contribution is 2.06. The summed E-state index contributed by atoms with van der Waals surface area (Å²) in [6.45, 7) is 2.65. The van der Waals surface area contributed by atoms with Crippen molar-refractivity contribution >= 4 is 11.9 Å². The van der Waals surface area contributed by atoms with Crippen LogP contribution in [0.25, 0.3) is 0 Å². The normalized spacial score (nSPS) is 17.2. The van der Waals surface area contributed by atoms with Gasteiger partial charge in [-0.15, -0.1) is 0 Å². The molecule has 1 fully saturated rings. The Balaban J connectivity index is 1.84. The molecule has 19 heavy (non-hydrogen) atoms. The first kappa shape index (κ1) is 13.5. The number of aromatic amines is 1. The van der Waals surface area contributed by atoms with Crippen LogP contribution in [0.5, 0.6) is 0 Å². The van der Waals surface area contributed by atoms with E-state index in [2.05, 4.69) is 10.2 Å². The van der Waals surface area contributed by atoms with Crippen LogP contribution in [0.4, 0.5) is 0 Å². The number of nitrogens with one attached hydrogen (secondary N) is 1. The summed E-state index contributed by atoms with van der Waals surface area (Å²) in [6.07, 6.45) is 2.75. The highest BCUT2D eigenvalue weighted by molar-refractivity contribution is 5.78. The number of aromatic nitrogens is 2. The van der Waals surface area contributed by atoms with Gasteiger partial charge in [0.2, 0.25) is 5.91 Å². The summed E-state index contributed by atoms with van der Waals surface area (Å²) in [7, 11) is 0. The molecule has 0 bridgehead atoms. The van der Waals surface area contributed by atoms with Crippen LogP contribution < -0.4 is 0 Å². The fraction of sp³-hybridized carbons (Fsp3) is 0.583. The number of hydrogen-bond acceptors (Lipinski definition) is 4. The minimum atomic E-state index is -0.822. The number of hydrogen-bond donors (Lipinski definition) is 2. The first-order valence-corrected chi connectivity index (χ1v) is 6.35. The van der Waals surface area contributed by atoms with E-state index in [-0.39, 0.29) is 12.5 Å². The summed E-state index contributed by atoms with van der Waals surface area (Å²) in [5.74, 6) is -0.765. The van der Waals surface area contributed by atoms with Crippen molar-refractivity contribution < 1.29 is 14.7 Å². The topological polar surface area (TPSA) is 89.5 Å². The van der Waals surface area contributed by atoms with Gasteiger partial charge in [0.25, 0.3) is 0 Å². The van der Waals surface area contributed by atoms with E-state index in [9.17, 15) is 9.59 Å². The molecule has 0 saturated carbocycles. The molecule has 1 aliphatic heterocycles. The van der Waals surface area contributed by atoms with Gasteiger partial charge in [-0.25, -0.2) is 0 Å². The Labute approximate surface area is 111 Å². The zero-order chi connectivity index (χ0) is 13.7. The van der Waals surface area contributed by atoms with Crippen molar-refractivity contribution in [2.75, 3.05) is 32.7 Å². The second-order valence-electron chi connectivity index (χ2n) is 4.66. The maximum Gasteiger partial charge on any atom is 0.317 e. The summed E-state index contributed by atoms with van der Waals surface area (Å²) in [5, 5.41) is 15.4. The molecule has 0 atom stereocenters. The van der Waals surface area contributed by atoms with Gasteiger partial charge in [0.1, 0.15) is 0 Å². The fourth-order valence-corrected chi connectivity index (χ4v) is 2.23. The van der Waals surface area contributed by atoms with Crippen LogP contribution in [0.2, 0.25) is 0 Å². The maximum absolute atomic E-state index is 12.1. The Morgan fingerprint density at radius 2 is 2.16 bits per heavy atom. The van der Waals surface area contributed by atoms with Crippen LogP contribution in [0.15, 0.2) is 12.3 Å². The van der Waals surface area contributed by atoms with Crippen molar-refractivity contribution in [3.05, 3.63) is 18.0 Å². The molecule has 7 nitrogen and oxygen atoms in total. The lowest BCUT2D eigenvalue weighted by atomic mass is 10.2. The molecule has 0 aromatic carbocycles. The van der Waals surface area contributed by atoms with Gasteiger partial charge < -0.3 is 10.0 Å². The molecular weight excluding hydrogens is 248 g/mol. The molecule has 1 aliphatic rings. The van der Waals surface area contributed by atoms with E-state index in [1.54, 1.807) is 17.2 Å². The van der Waals surface area contributed by atoms with E-state index in [1.807, 2.05) is 4.90 Å². The highest BCUT2D eigenvalue weighted by Gasteiger charge is 2.20. The summed E-state index contributed by atoms with van der Waals surface area (Å²) in [6, 6.07) is 1.78. The predicted molar refractivity (Wildman–Crippen MR) is 67.6 cm³/mol. The average Bonchev–Trinajstić information content (AvgIpc) is 2.74. The average molecular weight is 266 g/mol. The van der Waals surface area contributed by atoms with Crippen LogP contribution in [0, 0.1) is 0 Å². The number of nitrogens with zero attached hydrogens (tertiary/aromatic N) is 3. The Hall–Kier alpha value is -1.89. The van der Waals surface area contributed by atoms with Crippen molar-refractivity contribution in [1.82, 2.24) is 20.0 Å². The molecule has 1 saturated heterocycles. The van der Waals surface area contributed by atoms with Crippen LogP contribution in [-0.4, -0.2) is 69.7 Å². The molecule has 1 aromatic rings. The number of carboxylic acids is 1. The van der Waals surface area contributed by atoms with Crippen LogP contribution in [0.1, 0.15) is 12.1 Å². The van der Waals surface area contributed by atoms with E-state index in [0.717, 1.165) is 18.7 Å². The SMILES string of the molecule is O=C(O)CN1CCCN(C(=O)Cc2ccn[nH]2)CC1. The lowest BCUT2D eigenvalue weighted by Crippen LogP contribution is -2.37. The minimum Gasteiger partial charge on any atom is -0.480 e. The quantitative estimate of drug-likeness (QED) is 0.772. The van der Waals surface area contributed by atoms with Gasteiger partial charge >= 0.3 is 5.97 Å². The number of rotatable bonds is 4. The maximum atomic E-state index is 12.1. The molecule has 0 unspecified atom stereocenters. The molecule has 2 rings (SSSR count). The minimum absolute atomic E-state index is 0.0442. The lowest BCUT2D eigenvalue weighted by molar-refractivity contribution is -0.138. The van der Waals surface area contributed by atoms with Crippen molar-refractivity contribution in [2.24, 2.45) is 0 Å². The zero-order valence-electron chi connectivity index (χ0n) is 10.7. The second-order valence-corrected chi connectivity index (χ2v) is 4.66. The summed E-state index contributed by atoms with van der Waals surface area (Å²) in [5.41, 5.74) is 0.802. The third-order valence-electron chi connectivity index (χ3n) is 3.20. The lowest BCUT2D eigenvalue weighted by Gasteiger charge is -2.20. The second kappa shape index (κ2) is 6.33. The Morgan fingerprint density at radius 1 is 1.32 bits per heavy atom. The van der Waals surface area contributed by atoms with Crippen LogP contribution in [-0.2, 0) is 16.0 Å². The number of amides is 1. The molecule has 0 spiro atoms. The van der Waals surface area contributed by atoms with Crippen molar-refractivity contribution in [2.45, 2.75) is 12.8 Å². The van der Waals surface area contributed by atoms with Crippen molar-refractivity contribution in [3.63, 3.8) is 0 Å². The van der Waals surface area contributed by atoms with Crippen molar-refractivity contribution in [3.8, 4) is 0 Å². The number of aliphatic carboxylic acids is 1. The van der Waals surface area contributed by atoms with Gasteiger partial charge in [-0.05, 0) is 12.5 Å².